The van der Waals surface area contributed by atoms with Crippen LogP contribution in [0.5, 0.6) is 0 Å². The van der Waals surface area contributed by atoms with Gasteiger partial charge in [-0.2, -0.15) is 10.2 Å². The van der Waals surface area contributed by atoms with Gasteiger partial charge in [-0.3, -0.25) is 9.48 Å². The normalized spacial score (nSPS) is 14.3. The van der Waals surface area contributed by atoms with E-state index in [0.717, 1.165) is 46.5 Å². The van der Waals surface area contributed by atoms with Gasteiger partial charge in [0.1, 0.15) is 0 Å². The van der Waals surface area contributed by atoms with Crippen LogP contribution in [0.2, 0.25) is 0 Å². The topological polar surface area (TPSA) is 77.6 Å². The molecule has 7 nitrogen and oxygen atoms in total. The molecule has 7 heteroatoms. The summed E-state index contributed by atoms with van der Waals surface area (Å²) in [4.78, 5) is 18.0. The molecule has 164 valence electrons. The van der Waals surface area contributed by atoms with Gasteiger partial charge in [0, 0.05) is 17.5 Å². The molecule has 0 unspecified atom stereocenters. The Bertz CT molecular complexity index is 1280. The van der Waals surface area contributed by atoms with E-state index >= 15 is 0 Å². The number of aromatic nitrogens is 5. The summed E-state index contributed by atoms with van der Waals surface area (Å²) in [7, 11) is 0. The van der Waals surface area contributed by atoms with Crippen LogP contribution in [-0.2, 0) is 6.54 Å². The maximum absolute atomic E-state index is 13.3. The number of hydrogen-bond acceptors (Lipinski definition) is 4. The average Bonchev–Trinajstić information content (AvgIpc) is 3.49. The van der Waals surface area contributed by atoms with Crippen LogP contribution in [0.15, 0.2) is 42.5 Å². The molecule has 0 atom stereocenters. The molecule has 1 fully saturated rings. The van der Waals surface area contributed by atoms with Crippen molar-refractivity contribution < 1.29 is 4.79 Å². The summed E-state index contributed by atoms with van der Waals surface area (Å²) in [6, 6.07) is 14.4. The van der Waals surface area contributed by atoms with Gasteiger partial charge in [-0.1, -0.05) is 43.2 Å². The Labute approximate surface area is 187 Å². The number of amides is 1. The van der Waals surface area contributed by atoms with E-state index < -0.39 is 0 Å². The number of fused-ring (bicyclic) bond motifs is 1. The predicted molar refractivity (Wildman–Crippen MR) is 125 cm³/mol. The number of rotatable bonds is 5. The van der Waals surface area contributed by atoms with Crippen LogP contribution in [0.1, 0.15) is 64.7 Å². The molecule has 1 aliphatic rings. The van der Waals surface area contributed by atoms with Crippen molar-refractivity contribution in [2.45, 2.75) is 59.0 Å². The highest BCUT2D eigenvalue weighted by molar-refractivity contribution is 6.12. The van der Waals surface area contributed by atoms with Gasteiger partial charge in [0.05, 0.1) is 29.2 Å². The molecular weight excluding hydrogens is 400 g/mol. The Kier molecular flexibility index (Phi) is 5.25. The molecule has 1 aromatic carbocycles. The Morgan fingerprint density at radius 1 is 1.06 bits per heavy atom. The van der Waals surface area contributed by atoms with Gasteiger partial charge >= 0.3 is 0 Å². The second-order valence-corrected chi connectivity index (χ2v) is 8.75. The van der Waals surface area contributed by atoms with Crippen LogP contribution in [0.25, 0.3) is 11.0 Å². The van der Waals surface area contributed by atoms with Crippen LogP contribution in [0.3, 0.4) is 0 Å². The SMILES string of the molecule is Cc1cc(C(=O)Nc2cc(C)n(C3CCCC3)n2)c2c(C)nn(Cc3ccccc3)c2n1. The third-order valence-corrected chi connectivity index (χ3v) is 6.26. The van der Waals surface area contributed by atoms with Crippen LogP contribution >= 0.6 is 0 Å². The summed E-state index contributed by atoms with van der Waals surface area (Å²) in [5, 5.41) is 13.2. The fraction of sp³-hybridized carbons (Fsp3) is 0.360. The number of carbonyl (C=O) groups is 1. The van der Waals surface area contributed by atoms with Crippen LogP contribution in [-0.4, -0.2) is 30.5 Å². The van der Waals surface area contributed by atoms with Gasteiger partial charge in [-0.25, -0.2) is 9.67 Å². The lowest BCUT2D eigenvalue weighted by Crippen LogP contribution is -2.15. The molecule has 0 radical (unpaired) electrons. The highest BCUT2D eigenvalue weighted by atomic mass is 16.1. The van der Waals surface area contributed by atoms with Crippen molar-refractivity contribution in [1.82, 2.24) is 24.5 Å². The lowest BCUT2D eigenvalue weighted by Gasteiger charge is -2.11. The number of nitrogens with one attached hydrogen (secondary N) is 1. The zero-order valence-electron chi connectivity index (χ0n) is 18.8. The highest BCUT2D eigenvalue weighted by Gasteiger charge is 2.22. The number of carbonyl (C=O) groups excluding carboxylic acids is 1. The molecule has 0 aliphatic heterocycles. The molecule has 0 bridgehead atoms. The number of pyridine rings is 1. The Balaban J connectivity index is 1.47. The number of anilines is 1. The van der Waals surface area contributed by atoms with Crippen molar-refractivity contribution >= 4 is 22.8 Å². The number of hydrogen-bond donors (Lipinski definition) is 1. The maximum Gasteiger partial charge on any atom is 0.257 e. The summed E-state index contributed by atoms with van der Waals surface area (Å²) in [5.74, 6) is 0.412. The standard InChI is InChI=1S/C25H28N6O/c1-16-13-21(25(32)27-22-14-17(2)31(29-22)20-11-7-8-12-20)23-18(3)28-30(24(23)26-16)15-19-9-5-4-6-10-19/h4-6,9-10,13-14,20H,7-8,11-12,15H2,1-3H3,(H,27,29,32). The van der Waals surface area contributed by atoms with Crippen LogP contribution in [0, 0.1) is 20.8 Å². The van der Waals surface area contributed by atoms with E-state index in [0.29, 0.717) is 24.0 Å². The van der Waals surface area contributed by atoms with Gasteiger partial charge in [0.25, 0.3) is 5.91 Å². The van der Waals surface area contributed by atoms with E-state index in [1.807, 2.05) is 55.8 Å². The molecule has 0 saturated heterocycles. The summed E-state index contributed by atoms with van der Waals surface area (Å²) in [6.07, 6.45) is 4.79. The summed E-state index contributed by atoms with van der Waals surface area (Å²) in [6.45, 7) is 6.49. The second-order valence-electron chi connectivity index (χ2n) is 8.75. The zero-order valence-corrected chi connectivity index (χ0v) is 18.8. The zero-order chi connectivity index (χ0) is 22.2. The Morgan fingerprint density at radius 2 is 1.81 bits per heavy atom. The van der Waals surface area contributed by atoms with Crippen molar-refractivity contribution in [2.75, 3.05) is 5.32 Å². The second kappa shape index (κ2) is 8.22. The molecule has 32 heavy (non-hydrogen) atoms. The molecule has 1 aliphatic carbocycles. The summed E-state index contributed by atoms with van der Waals surface area (Å²) >= 11 is 0. The number of nitrogens with zero attached hydrogens (tertiary/aromatic N) is 5. The molecule has 1 saturated carbocycles. The smallest absolute Gasteiger partial charge is 0.257 e. The minimum Gasteiger partial charge on any atom is -0.305 e. The molecule has 0 spiro atoms. The maximum atomic E-state index is 13.3. The highest BCUT2D eigenvalue weighted by Crippen LogP contribution is 2.31. The molecule has 3 aromatic heterocycles. The molecule has 5 rings (SSSR count). The largest absolute Gasteiger partial charge is 0.305 e. The first-order chi connectivity index (χ1) is 15.5. The molecule has 3 heterocycles. The lowest BCUT2D eigenvalue weighted by atomic mass is 10.1. The first kappa shape index (κ1) is 20.4. The lowest BCUT2D eigenvalue weighted by molar-refractivity contribution is 0.102. The van der Waals surface area contributed by atoms with Gasteiger partial charge in [-0.15, -0.1) is 0 Å². The quantitative estimate of drug-likeness (QED) is 0.487. The Hall–Kier alpha value is -3.48. The van der Waals surface area contributed by atoms with Gasteiger partial charge < -0.3 is 5.32 Å². The van der Waals surface area contributed by atoms with Crippen molar-refractivity contribution in [3.63, 3.8) is 0 Å². The first-order valence-electron chi connectivity index (χ1n) is 11.3. The van der Waals surface area contributed by atoms with Crippen LogP contribution < -0.4 is 5.32 Å². The molecule has 4 aromatic rings. The predicted octanol–water partition coefficient (Wildman–Crippen LogP) is 4.97. The van der Waals surface area contributed by atoms with Crippen molar-refractivity contribution in [1.29, 1.82) is 0 Å². The van der Waals surface area contributed by atoms with Gasteiger partial charge in [-0.05, 0) is 45.2 Å². The van der Waals surface area contributed by atoms with Crippen LogP contribution in [0.4, 0.5) is 5.82 Å². The molecule has 1 N–H and O–H groups in total. The van der Waals surface area contributed by atoms with E-state index in [4.69, 9.17) is 15.2 Å². The monoisotopic (exact) mass is 428 g/mol. The van der Waals surface area contributed by atoms with E-state index in [1.165, 1.54) is 12.8 Å². The van der Waals surface area contributed by atoms with Gasteiger partial charge in [0.15, 0.2) is 11.5 Å². The fourth-order valence-corrected chi connectivity index (χ4v) is 4.78. The van der Waals surface area contributed by atoms with Gasteiger partial charge in [0.2, 0.25) is 0 Å². The van der Waals surface area contributed by atoms with Crippen molar-refractivity contribution in [3.05, 3.63) is 70.7 Å². The third kappa shape index (κ3) is 3.79. The number of aryl methyl sites for hydroxylation is 3. The first-order valence-corrected chi connectivity index (χ1v) is 11.3. The summed E-state index contributed by atoms with van der Waals surface area (Å²) in [5.41, 5.74) is 5.10. The van der Waals surface area contributed by atoms with E-state index in [2.05, 4.69) is 22.1 Å². The van der Waals surface area contributed by atoms with E-state index in [1.54, 1.807) is 0 Å². The average molecular weight is 429 g/mol. The molecule has 1 amide bonds. The minimum atomic E-state index is -0.182. The van der Waals surface area contributed by atoms with E-state index in [9.17, 15) is 4.79 Å². The molecular formula is C25H28N6O. The van der Waals surface area contributed by atoms with Crippen molar-refractivity contribution in [2.24, 2.45) is 0 Å². The minimum absolute atomic E-state index is 0.182. The third-order valence-electron chi connectivity index (χ3n) is 6.26. The number of benzene rings is 1. The Morgan fingerprint density at radius 3 is 2.56 bits per heavy atom. The fourth-order valence-electron chi connectivity index (χ4n) is 4.78. The van der Waals surface area contributed by atoms with E-state index in [-0.39, 0.29) is 5.91 Å². The summed E-state index contributed by atoms with van der Waals surface area (Å²) < 4.78 is 3.95. The van der Waals surface area contributed by atoms with Crippen molar-refractivity contribution in [3.8, 4) is 0 Å².